The molecule has 1 heterocycles. The summed E-state index contributed by atoms with van der Waals surface area (Å²) in [6.45, 7) is 0.912. The van der Waals surface area contributed by atoms with Gasteiger partial charge in [0.05, 0.1) is 12.8 Å². The molecule has 0 radical (unpaired) electrons. The van der Waals surface area contributed by atoms with Crippen molar-refractivity contribution in [3.8, 4) is 0 Å². The second kappa shape index (κ2) is 5.45. The molecule has 0 bridgehead atoms. The summed E-state index contributed by atoms with van der Waals surface area (Å²) in [7, 11) is 0. The normalized spacial score (nSPS) is 11.8. The van der Waals surface area contributed by atoms with E-state index in [1.807, 2.05) is 0 Å². The molecule has 0 saturated carbocycles. The third-order valence-corrected chi connectivity index (χ3v) is 2.03. The Bertz CT molecular complexity index is 486. The quantitative estimate of drug-likeness (QED) is 0.632. The number of rotatable bonds is 3. The Labute approximate surface area is 103 Å². The van der Waals surface area contributed by atoms with Gasteiger partial charge in [-0.05, 0) is 6.92 Å². The molecule has 0 spiro atoms. The van der Waals surface area contributed by atoms with Gasteiger partial charge in [-0.3, -0.25) is 4.98 Å². The number of alkyl halides is 5. The average molecular weight is 287 g/mol. The van der Waals surface area contributed by atoms with Gasteiger partial charge in [0.2, 0.25) is 0 Å². The Kier molecular flexibility index (Phi) is 4.38. The van der Waals surface area contributed by atoms with Crippen molar-refractivity contribution in [3.63, 3.8) is 0 Å². The van der Waals surface area contributed by atoms with E-state index in [1.165, 1.54) is 6.92 Å². The number of esters is 1. The summed E-state index contributed by atoms with van der Waals surface area (Å²) >= 11 is 0. The molecule has 19 heavy (non-hydrogen) atoms. The van der Waals surface area contributed by atoms with Gasteiger partial charge in [-0.15, -0.1) is 0 Å². The molecular formula is C10H7F6NO2. The molecule has 0 aliphatic carbocycles. The standard InChI is InChI=1S/C10H7F6NO2/c1-2-19-9(18)5-6(10(14,15)16)4(11)3-17-7(5)8(12)13/h3,8H,2H2,1H3. The minimum atomic E-state index is -5.32. The van der Waals surface area contributed by atoms with Crippen LogP contribution < -0.4 is 0 Å². The Balaban J connectivity index is 3.60. The number of carbonyl (C=O) groups is 1. The van der Waals surface area contributed by atoms with Gasteiger partial charge in [0.15, 0.2) is 5.82 Å². The van der Waals surface area contributed by atoms with Crippen LogP contribution in [0.25, 0.3) is 0 Å². The molecule has 0 amide bonds. The first-order chi connectivity index (χ1) is 8.70. The Morgan fingerprint density at radius 3 is 2.42 bits per heavy atom. The monoisotopic (exact) mass is 287 g/mol. The van der Waals surface area contributed by atoms with E-state index in [4.69, 9.17) is 0 Å². The van der Waals surface area contributed by atoms with E-state index in [2.05, 4.69) is 9.72 Å². The maximum Gasteiger partial charge on any atom is 0.420 e. The maximum atomic E-state index is 13.2. The molecule has 3 nitrogen and oxygen atoms in total. The number of ether oxygens (including phenoxy) is 1. The minimum absolute atomic E-state index is 0.00690. The van der Waals surface area contributed by atoms with Gasteiger partial charge in [-0.25, -0.2) is 18.0 Å². The predicted molar refractivity (Wildman–Crippen MR) is 50.1 cm³/mol. The van der Waals surface area contributed by atoms with Crippen molar-refractivity contribution in [2.45, 2.75) is 19.5 Å². The van der Waals surface area contributed by atoms with Crippen molar-refractivity contribution in [2.75, 3.05) is 6.61 Å². The van der Waals surface area contributed by atoms with Crippen LogP contribution in [0.4, 0.5) is 26.3 Å². The van der Waals surface area contributed by atoms with Crippen molar-refractivity contribution >= 4 is 5.97 Å². The van der Waals surface area contributed by atoms with Crippen LogP contribution in [0.15, 0.2) is 6.20 Å². The zero-order valence-corrected chi connectivity index (χ0v) is 9.39. The molecule has 1 rings (SSSR count). The molecule has 0 fully saturated rings. The SMILES string of the molecule is CCOC(=O)c1c(C(F)F)ncc(F)c1C(F)(F)F. The van der Waals surface area contributed by atoms with E-state index >= 15 is 0 Å². The molecule has 0 saturated heterocycles. The predicted octanol–water partition coefficient (Wildman–Crippen LogP) is 3.35. The smallest absolute Gasteiger partial charge is 0.420 e. The molecule has 0 aliphatic rings. The van der Waals surface area contributed by atoms with Gasteiger partial charge in [0, 0.05) is 0 Å². The Morgan fingerprint density at radius 1 is 1.42 bits per heavy atom. The summed E-state index contributed by atoms with van der Waals surface area (Å²) in [6.07, 6.45) is -8.80. The largest absolute Gasteiger partial charge is 0.462 e. The van der Waals surface area contributed by atoms with Gasteiger partial charge in [0.1, 0.15) is 16.8 Å². The zero-order chi connectivity index (χ0) is 14.8. The third kappa shape index (κ3) is 3.15. The number of nitrogens with zero attached hydrogens (tertiary/aromatic N) is 1. The fourth-order valence-electron chi connectivity index (χ4n) is 1.36. The van der Waals surface area contributed by atoms with Crippen molar-refractivity contribution in [1.82, 2.24) is 4.98 Å². The molecule has 0 atom stereocenters. The van der Waals surface area contributed by atoms with E-state index in [9.17, 15) is 31.1 Å². The lowest BCUT2D eigenvalue weighted by molar-refractivity contribution is -0.140. The zero-order valence-electron chi connectivity index (χ0n) is 9.39. The Morgan fingerprint density at radius 2 is 2.00 bits per heavy atom. The summed E-state index contributed by atoms with van der Waals surface area (Å²) in [4.78, 5) is 14.2. The van der Waals surface area contributed by atoms with Crippen LogP contribution in [0.1, 0.15) is 35.0 Å². The molecule has 1 aromatic heterocycles. The van der Waals surface area contributed by atoms with E-state index in [1.54, 1.807) is 0 Å². The lowest BCUT2D eigenvalue weighted by Crippen LogP contribution is -2.21. The van der Waals surface area contributed by atoms with E-state index < -0.39 is 41.2 Å². The highest BCUT2D eigenvalue weighted by atomic mass is 19.4. The van der Waals surface area contributed by atoms with Crippen LogP contribution >= 0.6 is 0 Å². The number of aromatic nitrogens is 1. The van der Waals surface area contributed by atoms with E-state index in [-0.39, 0.29) is 12.8 Å². The lowest BCUT2D eigenvalue weighted by Gasteiger charge is -2.15. The van der Waals surface area contributed by atoms with Crippen LogP contribution in [0, 0.1) is 5.82 Å². The molecule has 0 unspecified atom stereocenters. The summed E-state index contributed by atoms with van der Waals surface area (Å²) in [5.41, 5.74) is -5.16. The molecule has 0 aromatic carbocycles. The summed E-state index contributed by atoms with van der Waals surface area (Å²) in [5.74, 6) is -3.61. The first-order valence-corrected chi connectivity index (χ1v) is 4.91. The topological polar surface area (TPSA) is 39.2 Å². The number of halogens is 6. The summed E-state index contributed by atoms with van der Waals surface area (Å²) in [6, 6.07) is 0. The van der Waals surface area contributed by atoms with E-state index in [0.29, 0.717) is 0 Å². The average Bonchev–Trinajstić information content (AvgIpc) is 2.26. The molecule has 106 valence electrons. The van der Waals surface area contributed by atoms with Gasteiger partial charge in [0.25, 0.3) is 6.43 Å². The van der Waals surface area contributed by atoms with Crippen LogP contribution in [-0.2, 0) is 10.9 Å². The Hall–Kier alpha value is -1.80. The van der Waals surface area contributed by atoms with Gasteiger partial charge >= 0.3 is 12.1 Å². The summed E-state index contributed by atoms with van der Waals surface area (Å²) in [5, 5.41) is 0. The fraction of sp³-hybridized carbons (Fsp3) is 0.400. The van der Waals surface area contributed by atoms with Crippen molar-refractivity contribution in [3.05, 3.63) is 28.8 Å². The fourth-order valence-corrected chi connectivity index (χ4v) is 1.36. The molecule has 9 heteroatoms. The van der Waals surface area contributed by atoms with Crippen LogP contribution in [0.3, 0.4) is 0 Å². The van der Waals surface area contributed by atoms with Gasteiger partial charge in [-0.2, -0.15) is 13.2 Å². The van der Waals surface area contributed by atoms with Crippen molar-refractivity contribution in [2.24, 2.45) is 0 Å². The maximum absolute atomic E-state index is 13.2. The van der Waals surface area contributed by atoms with Crippen LogP contribution in [0.2, 0.25) is 0 Å². The number of hydrogen-bond donors (Lipinski definition) is 0. The number of carbonyl (C=O) groups excluding carboxylic acids is 1. The molecular weight excluding hydrogens is 280 g/mol. The first-order valence-electron chi connectivity index (χ1n) is 4.91. The molecule has 0 aliphatic heterocycles. The molecule has 0 N–H and O–H groups in total. The summed E-state index contributed by atoms with van der Waals surface area (Å²) < 4.78 is 80.4. The van der Waals surface area contributed by atoms with Crippen molar-refractivity contribution in [1.29, 1.82) is 0 Å². The van der Waals surface area contributed by atoms with Crippen LogP contribution in [0.5, 0.6) is 0 Å². The third-order valence-electron chi connectivity index (χ3n) is 2.03. The van der Waals surface area contributed by atoms with Gasteiger partial charge < -0.3 is 4.74 Å². The van der Waals surface area contributed by atoms with Gasteiger partial charge in [-0.1, -0.05) is 0 Å². The molecule has 1 aromatic rings. The van der Waals surface area contributed by atoms with Crippen molar-refractivity contribution < 1.29 is 35.9 Å². The number of hydrogen-bond acceptors (Lipinski definition) is 3. The first kappa shape index (κ1) is 15.3. The second-order valence-corrected chi connectivity index (χ2v) is 3.26. The van der Waals surface area contributed by atoms with Crippen LogP contribution in [-0.4, -0.2) is 17.6 Å². The lowest BCUT2D eigenvalue weighted by atomic mass is 10.1. The highest BCUT2D eigenvalue weighted by molar-refractivity contribution is 5.92. The highest BCUT2D eigenvalue weighted by Gasteiger charge is 2.42. The minimum Gasteiger partial charge on any atom is -0.462 e. The highest BCUT2D eigenvalue weighted by Crippen LogP contribution is 2.37. The van der Waals surface area contributed by atoms with E-state index in [0.717, 1.165) is 0 Å². The second-order valence-electron chi connectivity index (χ2n) is 3.26. The number of pyridine rings is 1.